The Labute approximate surface area is 193 Å². The van der Waals surface area contributed by atoms with Crippen LogP contribution in [0.4, 0.5) is 0 Å². The predicted molar refractivity (Wildman–Crippen MR) is 115 cm³/mol. The van der Waals surface area contributed by atoms with Gasteiger partial charge in [0.1, 0.15) is 12.1 Å². The molecule has 0 aromatic carbocycles. The van der Waals surface area contributed by atoms with Crippen LogP contribution in [0.3, 0.4) is 0 Å². The zero-order chi connectivity index (χ0) is 25.7. The molecule has 9 N–H and O–H groups in total. The molecule has 0 aliphatic carbocycles. The number of carbonyl (C=O) groups excluding carboxylic acids is 3. The van der Waals surface area contributed by atoms with Crippen LogP contribution in [-0.2, 0) is 28.8 Å². The molecule has 0 aromatic heterocycles. The number of aliphatic hydroxyl groups is 1. The maximum Gasteiger partial charge on any atom is 0.328 e. The lowest BCUT2D eigenvalue weighted by atomic mass is 10.1. The molecule has 0 spiro atoms. The standard InChI is InChI=1S/C18H30N4O10S/c1-8(23)14(18(31)32)22-17(30)11(5-6-33-2)21-16(29)10(3-4-12(24)25)20-15(28)9(19)7-13(26)27/h8-11,14,23H,3-7,19H2,1-2H3,(H,20,28)(H,21,29)(H,22,30)(H,24,25)(H,26,27)(H,31,32). The van der Waals surface area contributed by atoms with E-state index in [1.54, 1.807) is 6.26 Å². The van der Waals surface area contributed by atoms with Crippen molar-refractivity contribution in [3.8, 4) is 0 Å². The van der Waals surface area contributed by atoms with Crippen LogP contribution in [0.2, 0.25) is 0 Å². The van der Waals surface area contributed by atoms with Crippen LogP contribution in [0.25, 0.3) is 0 Å². The number of amides is 3. The molecule has 14 nitrogen and oxygen atoms in total. The van der Waals surface area contributed by atoms with Crippen molar-refractivity contribution in [3.63, 3.8) is 0 Å². The van der Waals surface area contributed by atoms with Crippen molar-refractivity contribution < 1.29 is 49.2 Å². The fraction of sp³-hybridized carbons (Fsp3) is 0.667. The number of aliphatic hydroxyl groups excluding tert-OH is 1. The van der Waals surface area contributed by atoms with E-state index in [-0.39, 0.29) is 12.8 Å². The Hall–Kier alpha value is -2.91. The summed E-state index contributed by atoms with van der Waals surface area (Å²) in [6, 6.07) is -5.85. The molecule has 0 radical (unpaired) electrons. The van der Waals surface area contributed by atoms with Crippen LogP contribution in [-0.4, -0.2) is 98.3 Å². The summed E-state index contributed by atoms with van der Waals surface area (Å²) in [4.78, 5) is 70.3. The van der Waals surface area contributed by atoms with E-state index in [1.807, 2.05) is 0 Å². The smallest absolute Gasteiger partial charge is 0.328 e. The number of carbonyl (C=O) groups is 6. The third-order valence-corrected chi connectivity index (χ3v) is 4.94. The van der Waals surface area contributed by atoms with Gasteiger partial charge in [0.15, 0.2) is 6.04 Å². The minimum Gasteiger partial charge on any atom is -0.481 e. The van der Waals surface area contributed by atoms with Crippen molar-refractivity contribution in [1.82, 2.24) is 16.0 Å². The number of carboxylic acid groups (broad SMARTS) is 3. The van der Waals surface area contributed by atoms with Gasteiger partial charge in [0, 0.05) is 6.42 Å². The summed E-state index contributed by atoms with van der Waals surface area (Å²) >= 11 is 1.33. The molecule has 5 atom stereocenters. The number of hydrogen-bond donors (Lipinski definition) is 8. The summed E-state index contributed by atoms with van der Waals surface area (Å²) in [5.74, 6) is -6.60. The molecular weight excluding hydrogens is 464 g/mol. The van der Waals surface area contributed by atoms with E-state index in [0.717, 1.165) is 6.92 Å². The van der Waals surface area contributed by atoms with Crippen molar-refractivity contribution in [2.24, 2.45) is 5.73 Å². The van der Waals surface area contributed by atoms with Crippen molar-refractivity contribution in [2.45, 2.75) is 62.9 Å². The first-order valence-corrected chi connectivity index (χ1v) is 11.2. The molecule has 0 saturated heterocycles. The maximum atomic E-state index is 12.7. The molecular formula is C18H30N4O10S. The summed E-state index contributed by atoms with van der Waals surface area (Å²) in [7, 11) is 0. The fourth-order valence-electron chi connectivity index (χ4n) is 2.52. The number of thioether (sulfide) groups is 1. The Bertz CT molecular complexity index is 733. The SMILES string of the molecule is CSCCC(NC(=O)C(CCC(=O)O)NC(=O)C(N)CC(=O)O)C(=O)NC(C(=O)O)C(C)O. The highest BCUT2D eigenvalue weighted by atomic mass is 32.2. The van der Waals surface area contributed by atoms with E-state index in [9.17, 15) is 33.9 Å². The van der Waals surface area contributed by atoms with Gasteiger partial charge in [-0.2, -0.15) is 11.8 Å². The number of hydrogen-bond acceptors (Lipinski definition) is 9. The molecule has 0 aliphatic heterocycles. The van der Waals surface area contributed by atoms with E-state index >= 15 is 0 Å². The van der Waals surface area contributed by atoms with Gasteiger partial charge < -0.3 is 42.1 Å². The quantitative estimate of drug-likeness (QED) is 0.109. The van der Waals surface area contributed by atoms with Crippen molar-refractivity contribution in [3.05, 3.63) is 0 Å². The average Bonchev–Trinajstić information content (AvgIpc) is 2.70. The van der Waals surface area contributed by atoms with Crippen molar-refractivity contribution >= 4 is 47.4 Å². The molecule has 15 heteroatoms. The van der Waals surface area contributed by atoms with E-state index < -0.39 is 78.7 Å². The van der Waals surface area contributed by atoms with Crippen LogP contribution in [0.15, 0.2) is 0 Å². The van der Waals surface area contributed by atoms with Gasteiger partial charge in [-0.1, -0.05) is 0 Å². The van der Waals surface area contributed by atoms with Crippen LogP contribution in [0.5, 0.6) is 0 Å². The number of nitrogens with one attached hydrogen (secondary N) is 3. The molecule has 0 aliphatic rings. The highest BCUT2D eigenvalue weighted by molar-refractivity contribution is 7.98. The van der Waals surface area contributed by atoms with E-state index in [2.05, 4.69) is 16.0 Å². The first-order chi connectivity index (χ1) is 15.3. The van der Waals surface area contributed by atoms with Gasteiger partial charge in [-0.25, -0.2) is 4.79 Å². The maximum absolute atomic E-state index is 12.7. The summed E-state index contributed by atoms with van der Waals surface area (Å²) in [5.41, 5.74) is 5.46. The highest BCUT2D eigenvalue weighted by Gasteiger charge is 2.32. The Morgan fingerprint density at radius 3 is 1.82 bits per heavy atom. The number of nitrogens with two attached hydrogens (primary N) is 1. The van der Waals surface area contributed by atoms with Crippen LogP contribution < -0.4 is 21.7 Å². The molecule has 0 saturated carbocycles. The van der Waals surface area contributed by atoms with Gasteiger partial charge in [-0.05, 0) is 31.8 Å². The second-order valence-electron chi connectivity index (χ2n) is 7.11. The first-order valence-electron chi connectivity index (χ1n) is 9.80. The first kappa shape index (κ1) is 30.1. The molecule has 5 unspecified atom stereocenters. The topological polar surface area (TPSA) is 245 Å². The van der Waals surface area contributed by atoms with Crippen molar-refractivity contribution in [1.29, 1.82) is 0 Å². The molecule has 0 fully saturated rings. The third-order valence-electron chi connectivity index (χ3n) is 4.30. The monoisotopic (exact) mass is 494 g/mol. The minimum absolute atomic E-state index is 0.0585. The lowest BCUT2D eigenvalue weighted by Crippen LogP contribution is -2.58. The van der Waals surface area contributed by atoms with Gasteiger partial charge in [0.25, 0.3) is 0 Å². The Balaban J connectivity index is 5.52. The number of aliphatic carboxylic acids is 3. The molecule has 188 valence electrons. The lowest BCUT2D eigenvalue weighted by Gasteiger charge is -2.25. The molecule has 0 heterocycles. The largest absolute Gasteiger partial charge is 0.481 e. The molecule has 3 amide bonds. The van der Waals surface area contributed by atoms with Crippen LogP contribution >= 0.6 is 11.8 Å². The minimum atomic E-state index is -1.64. The van der Waals surface area contributed by atoms with Gasteiger partial charge in [-0.15, -0.1) is 0 Å². The predicted octanol–water partition coefficient (Wildman–Crippen LogP) is -2.67. The fourth-order valence-corrected chi connectivity index (χ4v) is 2.99. The Morgan fingerprint density at radius 1 is 0.848 bits per heavy atom. The zero-order valence-corrected chi connectivity index (χ0v) is 19.0. The summed E-state index contributed by atoms with van der Waals surface area (Å²) in [5, 5.41) is 43.0. The van der Waals surface area contributed by atoms with Gasteiger partial charge in [0.2, 0.25) is 17.7 Å². The normalized spacial score (nSPS) is 15.3. The zero-order valence-electron chi connectivity index (χ0n) is 18.1. The van der Waals surface area contributed by atoms with Crippen LogP contribution in [0.1, 0.15) is 32.6 Å². The Kier molecular flexibility index (Phi) is 13.7. The second-order valence-corrected chi connectivity index (χ2v) is 8.09. The van der Waals surface area contributed by atoms with E-state index in [4.69, 9.17) is 21.1 Å². The summed E-state index contributed by atoms with van der Waals surface area (Å²) < 4.78 is 0. The number of rotatable bonds is 16. The number of carboxylic acids is 3. The highest BCUT2D eigenvalue weighted by Crippen LogP contribution is 2.06. The van der Waals surface area contributed by atoms with Gasteiger partial charge in [0.05, 0.1) is 18.6 Å². The second kappa shape index (κ2) is 15.0. The summed E-state index contributed by atoms with van der Waals surface area (Å²) in [6.07, 6.45) is -1.28. The lowest BCUT2D eigenvalue weighted by molar-refractivity contribution is -0.145. The Morgan fingerprint density at radius 2 is 1.36 bits per heavy atom. The van der Waals surface area contributed by atoms with E-state index in [0.29, 0.717) is 5.75 Å². The molecule has 0 bridgehead atoms. The van der Waals surface area contributed by atoms with Gasteiger partial charge in [-0.3, -0.25) is 24.0 Å². The summed E-state index contributed by atoms with van der Waals surface area (Å²) in [6.45, 7) is 1.16. The molecule has 33 heavy (non-hydrogen) atoms. The van der Waals surface area contributed by atoms with E-state index in [1.165, 1.54) is 11.8 Å². The molecule has 0 rings (SSSR count). The van der Waals surface area contributed by atoms with Gasteiger partial charge >= 0.3 is 17.9 Å². The molecule has 0 aromatic rings. The van der Waals surface area contributed by atoms with Crippen molar-refractivity contribution in [2.75, 3.05) is 12.0 Å². The average molecular weight is 495 g/mol. The third kappa shape index (κ3) is 12.1. The van der Waals surface area contributed by atoms with Crippen LogP contribution in [0, 0.1) is 0 Å².